The highest BCUT2D eigenvalue weighted by atomic mass is 32.3. The van der Waals surface area contributed by atoms with Gasteiger partial charge in [-0.3, -0.25) is 0 Å². The number of quaternary nitrogens is 1. The van der Waals surface area contributed by atoms with E-state index in [1.165, 1.54) is 0 Å². The fourth-order valence-corrected chi connectivity index (χ4v) is 1.92. The molecule has 0 rings (SSSR count). The third kappa shape index (κ3) is 5.83. The Hall–Kier alpha value is -0.600. The van der Waals surface area contributed by atoms with Crippen molar-refractivity contribution in [2.75, 3.05) is 14.1 Å². The molecule has 0 saturated carbocycles. The van der Waals surface area contributed by atoms with Gasteiger partial charge in [-0.1, -0.05) is 0 Å². The van der Waals surface area contributed by atoms with Gasteiger partial charge in [-0.25, -0.2) is 16.8 Å². The van der Waals surface area contributed by atoms with Gasteiger partial charge >= 0.3 is 11.0 Å². The van der Waals surface area contributed by atoms with Gasteiger partial charge in [-0.05, 0) is 0 Å². The Morgan fingerprint density at radius 2 is 0.944 bits per heavy atom. The van der Waals surface area contributed by atoms with Crippen LogP contribution in [0.4, 0.5) is 26.3 Å². The molecule has 0 aromatic rings. The minimum Gasteiger partial charge on any atom is -0.421 e. The molecule has 14 heteroatoms. The molecule has 0 spiro atoms. The maximum atomic E-state index is 11.4. The number of rotatable bonds is 2. The molecule has 6 nitrogen and oxygen atoms in total. The SMILES string of the molecule is C[NH2+]C.O=S(=O)([N-]S(=O)(=O)C(F)(F)F)C(F)(F)F. The third-order valence-electron chi connectivity index (χ3n) is 0.781. The van der Waals surface area contributed by atoms with E-state index in [0.717, 1.165) is 4.13 Å². The van der Waals surface area contributed by atoms with Crippen LogP contribution in [0.2, 0.25) is 0 Å². The minimum atomic E-state index is -6.72. The molecular formula is C4H8F6N2O4S2. The first kappa shape index (κ1) is 19.7. The maximum absolute atomic E-state index is 11.4. The molecule has 0 aromatic heterocycles. The van der Waals surface area contributed by atoms with Gasteiger partial charge in [0.15, 0.2) is 20.0 Å². The molecule has 0 saturated heterocycles. The number of hydrogen-bond donors (Lipinski definition) is 1. The van der Waals surface area contributed by atoms with Crippen LogP contribution in [-0.2, 0) is 20.0 Å². The third-order valence-corrected chi connectivity index (χ3v) is 3.52. The highest BCUT2D eigenvalue weighted by Crippen LogP contribution is 2.36. The summed E-state index contributed by atoms with van der Waals surface area (Å²) < 4.78 is 109. The van der Waals surface area contributed by atoms with Crippen LogP contribution in [-0.4, -0.2) is 41.9 Å². The van der Waals surface area contributed by atoms with Crippen LogP contribution < -0.4 is 5.32 Å². The normalized spacial score (nSPS) is 13.8. The van der Waals surface area contributed by atoms with E-state index in [4.69, 9.17) is 0 Å². The van der Waals surface area contributed by atoms with E-state index in [2.05, 4.69) is 0 Å². The molecule has 18 heavy (non-hydrogen) atoms. The van der Waals surface area contributed by atoms with Crippen molar-refractivity contribution in [2.24, 2.45) is 0 Å². The first-order valence-electron chi connectivity index (χ1n) is 3.73. The van der Waals surface area contributed by atoms with E-state index in [1.54, 1.807) is 0 Å². The monoisotopic (exact) mass is 326 g/mol. The van der Waals surface area contributed by atoms with Gasteiger partial charge in [0.05, 0.1) is 14.1 Å². The van der Waals surface area contributed by atoms with E-state index in [9.17, 15) is 43.2 Å². The number of hydrogen-bond acceptors (Lipinski definition) is 4. The minimum absolute atomic E-state index is 0.778. The van der Waals surface area contributed by atoms with Crippen LogP contribution in [0.1, 0.15) is 0 Å². The van der Waals surface area contributed by atoms with Gasteiger partial charge in [-0.2, -0.15) is 26.3 Å². The molecule has 112 valence electrons. The zero-order chi connectivity index (χ0) is 15.4. The van der Waals surface area contributed by atoms with Crippen molar-refractivity contribution in [2.45, 2.75) is 11.0 Å². The second-order valence-electron chi connectivity index (χ2n) is 2.49. The lowest BCUT2D eigenvalue weighted by molar-refractivity contribution is -0.597. The van der Waals surface area contributed by atoms with Crippen LogP contribution in [0.5, 0.6) is 0 Å². The molecule has 2 N–H and O–H groups in total. The van der Waals surface area contributed by atoms with Crippen molar-refractivity contribution in [3.05, 3.63) is 4.13 Å². The summed E-state index contributed by atoms with van der Waals surface area (Å²) in [5, 5.41) is 2.00. The summed E-state index contributed by atoms with van der Waals surface area (Å²) in [7, 11) is -9.44. The van der Waals surface area contributed by atoms with E-state index >= 15 is 0 Å². The standard InChI is InChI=1S/C2F6NO4S2.C2H7N/c3-1(4,5)14(10,11)9-15(12,13)2(6,7)8;1-3-2/h;3H,1-2H3/q-1;/p+1. The summed E-state index contributed by atoms with van der Waals surface area (Å²) in [6.45, 7) is 0. The summed E-state index contributed by atoms with van der Waals surface area (Å²) in [6, 6.07) is 0. The molecule has 0 aromatic carbocycles. The fourth-order valence-electron chi connectivity index (χ4n) is 0.214. The van der Waals surface area contributed by atoms with Crippen molar-refractivity contribution in [3.8, 4) is 0 Å². The van der Waals surface area contributed by atoms with E-state index in [1.807, 2.05) is 19.4 Å². The van der Waals surface area contributed by atoms with Crippen LogP contribution in [0, 0.1) is 0 Å². The molecule has 0 heterocycles. The zero-order valence-corrected chi connectivity index (χ0v) is 10.4. The Labute approximate surface area is 98.5 Å². The molecule has 0 aliphatic heterocycles. The van der Waals surface area contributed by atoms with Crippen LogP contribution >= 0.6 is 0 Å². The van der Waals surface area contributed by atoms with Crippen molar-refractivity contribution < 1.29 is 48.5 Å². The molecule has 0 amide bonds. The Bertz CT molecular complexity index is 407. The topological polar surface area (TPSA) is 99.0 Å². The molecule has 0 unspecified atom stereocenters. The van der Waals surface area contributed by atoms with Gasteiger partial charge in [-0.15, -0.1) is 0 Å². The van der Waals surface area contributed by atoms with Gasteiger partial charge in [0.2, 0.25) is 0 Å². The Balaban J connectivity index is 0. The van der Waals surface area contributed by atoms with Gasteiger partial charge in [0.1, 0.15) is 0 Å². The Morgan fingerprint density at radius 3 is 1.06 bits per heavy atom. The van der Waals surface area contributed by atoms with E-state index in [-0.39, 0.29) is 0 Å². The first-order valence-corrected chi connectivity index (χ1v) is 6.61. The molecule has 0 fully saturated rings. The first-order chi connectivity index (χ1) is 7.62. The number of sulfonamides is 2. The number of nitrogens with zero attached hydrogens (tertiary/aromatic N) is 1. The molecule has 0 aliphatic carbocycles. The fraction of sp³-hybridized carbons (Fsp3) is 1.00. The lowest BCUT2D eigenvalue weighted by Gasteiger charge is -2.22. The van der Waals surface area contributed by atoms with Crippen molar-refractivity contribution in [1.29, 1.82) is 0 Å². The second-order valence-corrected chi connectivity index (χ2v) is 5.92. The Morgan fingerprint density at radius 1 is 0.778 bits per heavy atom. The smallest absolute Gasteiger partial charge is 0.421 e. The van der Waals surface area contributed by atoms with Crippen molar-refractivity contribution in [1.82, 2.24) is 0 Å². The lowest BCUT2D eigenvalue weighted by atomic mass is 11.3. The van der Waals surface area contributed by atoms with Crippen molar-refractivity contribution >= 4 is 20.0 Å². The van der Waals surface area contributed by atoms with Gasteiger partial charge in [0.25, 0.3) is 0 Å². The van der Waals surface area contributed by atoms with Crippen LogP contribution in [0.15, 0.2) is 0 Å². The summed E-state index contributed by atoms with van der Waals surface area (Å²) in [5.74, 6) is 0. The highest BCUT2D eigenvalue weighted by Gasteiger charge is 2.46. The number of alkyl halides is 6. The highest BCUT2D eigenvalue weighted by molar-refractivity contribution is 8.12. The molecule has 0 bridgehead atoms. The molecule has 0 aliphatic rings. The number of halogens is 6. The molecule has 0 radical (unpaired) electrons. The molecular weight excluding hydrogens is 318 g/mol. The predicted molar refractivity (Wildman–Crippen MR) is 47.1 cm³/mol. The average Bonchev–Trinajstić information content (AvgIpc) is 1.98. The predicted octanol–water partition coefficient (Wildman–Crippen LogP) is -0.131. The van der Waals surface area contributed by atoms with E-state index < -0.39 is 31.1 Å². The number of nitrogens with two attached hydrogens (primary N) is 1. The summed E-state index contributed by atoms with van der Waals surface area (Å²) in [5.41, 5.74) is -12.4. The quantitative estimate of drug-likeness (QED) is 0.715. The average molecular weight is 326 g/mol. The van der Waals surface area contributed by atoms with Crippen LogP contribution in [0.25, 0.3) is 4.13 Å². The largest absolute Gasteiger partial charge is 0.480 e. The van der Waals surface area contributed by atoms with E-state index in [0.29, 0.717) is 0 Å². The second kappa shape index (κ2) is 6.03. The van der Waals surface area contributed by atoms with Crippen LogP contribution in [0.3, 0.4) is 0 Å². The van der Waals surface area contributed by atoms with Gasteiger partial charge < -0.3 is 9.44 Å². The zero-order valence-electron chi connectivity index (χ0n) is 8.74. The summed E-state index contributed by atoms with van der Waals surface area (Å²) in [6.07, 6.45) is 0. The summed E-state index contributed by atoms with van der Waals surface area (Å²) >= 11 is 0. The van der Waals surface area contributed by atoms with Gasteiger partial charge in [0, 0.05) is 0 Å². The molecule has 0 atom stereocenters. The Kier molecular flexibility index (Phi) is 6.61. The maximum Gasteiger partial charge on any atom is 0.480 e. The van der Waals surface area contributed by atoms with Crippen molar-refractivity contribution in [3.63, 3.8) is 0 Å². The summed E-state index contributed by atoms with van der Waals surface area (Å²) in [4.78, 5) is 0. The lowest BCUT2D eigenvalue weighted by Crippen LogP contribution is -2.74.